The highest BCUT2D eigenvalue weighted by Gasteiger charge is 2.27. The minimum atomic E-state index is 0.379. The van der Waals surface area contributed by atoms with E-state index in [1.165, 1.54) is 65.2 Å². The van der Waals surface area contributed by atoms with Gasteiger partial charge in [0.25, 0.3) is 0 Å². The number of benzene rings is 1. The number of fused-ring (bicyclic) bond motifs is 4. The molecule has 1 aromatic carbocycles. The first-order valence-corrected chi connectivity index (χ1v) is 14.7. The van der Waals surface area contributed by atoms with Gasteiger partial charge in [-0.3, -0.25) is 19.8 Å². The van der Waals surface area contributed by atoms with Gasteiger partial charge in [-0.05, 0) is 56.0 Å². The number of aryl methyl sites for hydroxylation is 1. The van der Waals surface area contributed by atoms with Crippen LogP contribution in [0.15, 0.2) is 54.9 Å². The van der Waals surface area contributed by atoms with Crippen LogP contribution in [0.2, 0.25) is 0 Å². The molecule has 4 heterocycles. The third-order valence-electron chi connectivity index (χ3n) is 8.48. The molecular formula is C32H41N5O. The van der Waals surface area contributed by atoms with Gasteiger partial charge in [-0.1, -0.05) is 44.0 Å². The average molecular weight is 512 g/mol. The quantitative estimate of drug-likeness (QED) is 0.245. The largest absolute Gasteiger partial charge is 0.379 e. The molecule has 6 nitrogen and oxygen atoms in total. The number of morpholine rings is 1. The SMILES string of the molecule is CCCCCN(Cc1cc2c3ccccc3n(CCN3CCOCC3)c2cn1)C1CCCc2cccnc21. The van der Waals surface area contributed by atoms with E-state index < -0.39 is 0 Å². The minimum absolute atomic E-state index is 0.379. The number of aromatic nitrogens is 3. The Hall–Kier alpha value is -2.80. The van der Waals surface area contributed by atoms with Crippen molar-refractivity contribution in [2.24, 2.45) is 0 Å². The average Bonchev–Trinajstić information content (AvgIpc) is 3.29. The third kappa shape index (κ3) is 5.35. The van der Waals surface area contributed by atoms with Crippen LogP contribution in [0.25, 0.3) is 21.8 Å². The summed E-state index contributed by atoms with van der Waals surface area (Å²) in [4.78, 5) is 15.1. The summed E-state index contributed by atoms with van der Waals surface area (Å²) in [6.45, 7) is 9.98. The molecule has 0 bridgehead atoms. The zero-order valence-electron chi connectivity index (χ0n) is 22.8. The van der Waals surface area contributed by atoms with Crippen LogP contribution in [-0.4, -0.2) is 63.7 Å². The van der Waals surface area contributed by atoms with Gasteiger partial charge in [0.15, 0.2) is 0 Å². The first-order chi connectivity index (χ1) is 18.8. The van der Waals surface area contributed by atoms with Crippen molar-refractivity contribution < 1.29 is 4.74 Å². The van der Waals surface area contributed by atoms with Crippen molar-refractivity contribution in [2.75, 3.05) is 39.4 Å². The molecule has 0 radical (unpaired) electrons. The van der Waals surface area contributed by atoms with E-state index in [4.69, 9.17) is 14.7 Å². The summed E-state index contributed by atoms with van der Waals surface area (Å²) in [5.74, 6) is 0. The molecule has 6 heteroatoms. The number of rotatable bonds is 10. The van der Waals surface area contributed by atoms with Crippen LogP contribution in [0.4, 0.5) is 0 Å². The Balaban J connectivity index is 1.30. The molecule has 4 aromatic rings. The van der Waals surface area contributed by atoms with Crippen LogP contribution >= 0.6 is 0 Å². The molecule has 1 aliphatic heterocycles. The smallest absolute Gasteiger partial charge is 0.0678 e. The molecule has 1 fully saturated rings. The Morgan fingerprint density at radius 1 is 0.974 bits per heavy atom. The van der Waals surface area contributed by atoms with Crippen LogP contribution in [0.1, 0.15) is 62.0 Å². The lowest BCUT2D eigenvalue weighted by Crippen LogP contribution is -2.38. The monoisotopic (exact) mass is 511 g/mol. The van der Waals surface area contributed by atoms with E-state index in [2.05, 4.69) is 70.0 Å². The predicted octanol–water partition coefficient (Wildman–Crippen LogP) is 5.99. The summed E-state index contributed by atoms with van der Waals surface area (Å²) in [6.07, 6.45) is 11.4. The third-order valence-corrected chi connectivity index (χ3v) is 8.48. The molecule has 1 unspecified atom stereocenters. The number of hydrogen-bond acceptors (Lipinski definition) is 5. The van der Waals surface area contributed by atoms with Crippen molar-refractivity contribution in [1.29, 1.82) is 0 Å². The van der Waals surface area contributed by atoms with Gasteiger partial charge < -0.3 is 9.30 Å². The van der Waals surface area contributed by atoms with Gasteiger partial charge in [0.1, 0.15) is 0 Å². The zero-order valence-corrected chi connectivity index (χ0v) is 22.8. The van der Waals surface area contributed by atoms with Crippen molar-refractivity contribution >= 4 is 21.8 Å². The normalized spacial score (nSPS) is 18.4. The molecule has 1 aliphatic carbocycles. The number of ether oxygens (including phenoxy) is 1. The summed E-state index contributed by atoms with van der Waals surface area (Å²) in [6, 6.07) is 16.0. The van der Waals surface area contributed by atoms with E-state index in [-0.39, 0.29) is 0 Å². The molecule has 0 amide bonds. The van der Waals surface area contributed by atoms with Gasteiger partial charge in [0.2, 0.25) is 0 Å². The van der Waals surface area contributed by atoms with Crippen LogP contribution in [0.5, 0.6) is 0 Å². The maximum Gasteiger partial charge on any atom is 0.0678 e. The number of pyridine rings is 2. The summed E-state index contributed by atoms with van der Waals surface area (Å²) in [5.41, 5.74) is 6.42. The molecule has 0 saturated carbocycles. The number of para-hydroxylation sites is 1. The highest BCUT2D eigenvalue weighted by Crippen LogP contribution is 2.35. The van der Waals surface area contributed by atoms with Crippen LogP contribution in [0, 0.1) is 0 Å². The highest BCUT2D eigenvalue weighted by molar-refractivity contribution is 6.07. The van der Waals surface area contributed by atoms with Crippen molar-refractivity contribution in [3.05, 3.63) is 71.8 Å². The second kappa shape index (κ2) is 11.9. The maximum absolute atomic E-state index is 5.55. The maximum atomic E-state index is 5.55. The first kappa shape index (κ1) is 25.5. The Kier molecular flexibility index (Phi) is 8.00. The van der Waals surface area contributed by atoms with Crippen molar-refractivity contribution in [2.45, 2.75) is 64.6 Å². The summed E-state index contributed by atoms with van der Waals surface area (Å²) < 4.78 is 8.02. The molecule has 3 aromatic heterocycles. The van der Waals surface area contributed by atoms with Gasteiger partial charge in [-0.15, -0.1) is 0 Å². The van der Waals surface area contributed by atoms with E-state index in [1.807, 2.05) is 6.20 Å². The Morgan fingerprint density at radius 2 is 1.87 bits per heavy atom. The van der Waals surface area contributed by atoms with Crippen molar-refractivity contribution in [1.82, 2.24) is 24.3 Å². The second-order valence-electron chi connectivity index (χ2n) is 10.9. The Morgan fingerprint density at radius 3 is 2.76 bits per heavy atom. The molecule has 38 heavy (non-hydrogen) atoms. The topological polar surface area (TPSA) is 46.4 Å². The van der Waals surface area contributed by atoms with Gasteiger partial charge >= 0.3 is 0 Å². The summed E-state index contributed by atoms with van der Waals surface area (Å²) >= 11 is 0. The predicted molar refractivity (Wildman–Crippen MR) is 154 cm³/mol. The molecule has 6 rings (SSSR count). The van der Waals surface area contributed by atoms with E-state index in [1.54, 1.807) is 0 Å². The van der Waals surface area contributed by atoms with E-state index >= 15 is 0 Å². The Bertz CT molecular complexity index is 1360. The lowest BCUT2D eigenvalue weighted by atomic mass is 9.90. The molecule has 200 valence electrons. The standard InChI is InChI=1S/C32H41N5O/c1-2-3-6-15-36(30-13-7-9-25-10-8-14-33-32(25)30)24-26-22-28-27-11-4-5-12-29(27)37(31(28)23-34-26)17-16-35-18-20-38-21-19-35/h4-5,8,10-12,14,22-23,30H,2-3,6-7,9,13,15-21,24H2,1H3. The fourth-order valence-electron chi connectivity index (χ4n) is 6.44. The van der Waals surface area contributed by atoms with Crippen LogP contribution in [-0.2, 0) is 24.2 Å². The fraction of sp³-hybridized carbons (Fsp3) is 0.500. The van der Waals surface area contributed by atoms with Gasteiger partial charge in [0, 0.05) is 55.2 Å². The molecule has 1 atom stereocenters. The van der Waals surface area contributed by atoms with Crippen LogP contribution < -0.4 is 0 Å². The number of nitrogens with zero attached hydrogens (tertiary/aromatic N) is 5. The van der Waals surface area contributed by atoms with Gasteiger partial charge in [0.05, 0.1) is 42.4 Å². The van der Waals surface area contributed by atoms with Crippen molar-refractivity contribution in [3.63, 3.8) is 0 Å². The fourth-order valence-corrected chi connectivity index (χ4v) is 6.44. The minimum Gasteiger partial charge on any atom is -0.379 e. The number of unbranched alkanes of at least 4 members (excludes halogenated alkanes) is 2. The second-order valence-corrected chi connectivity index (χ2v) is 10.9. The molecule has 2 aliphatic rings. The summed E-state index contributed by atoms with van der Waals surface area (Å²) in [7, 11) is 0. The molecular weight excluding hydrogens is 470 g/mol. The van der Waals surface area contributed by atoms with Gasteiger partial charge in [-0.25, -0.2) is 0 Å². The van der Waals surface area contributed by atoms with E-state index in [0.29, 0.717) is 6.04 Å². The van der Waals surface area contributed by atoms with Crippen molar-refractivity contribution in [3.8, 4) is 0 Å². The zero-order chi connectivity index (χ0) is 25.7. The first-order valence-electron chi connectivity index (χ1n) is 14.7. The molecule has 0 spiro atoms. The molecule has 0 N–H and O–H groups in total. The van der Waals surface area contributed by atoms with Gasteiger partial charge in [-0.2, -0.15) is 0 Å². The van der Waals surface area contributed by atoms with E-state index in [0.717, 1.165) is 64.6 Å². The lowest BCUT2D eigenvalue weighted by molar-refractivity contribution is 0.0366. The lowest BCUT2D eigenvalue weighted by Gasteiger charge is -2.35. The number of hydrogen-bond donors (Lipinski definition) is 0. The van der Waals surface area contributed by atoms with Crippen LogP contribution in [0.3, 0.4) is 0 Å². The Labute approximate surface area is 226 Å². The van der Waals surface area contributed by atoms with E-state index in [9.17, 15) is 0 Å². The highest BCUT2D eigenvalue weighted by atomic mass is 16.5. The molecule has 1 saturated heterocycles. The summed E-state index contributed by atoms with van der Waals surface area (Å²) in [5, 5.41) is 2.65.